The highest BCUT2D eigenvalue weighted by Crippen LogP contribution is 2.31. The fourth-order valence-corrected chi connectivity index (χ4v) is 3.31. The van der Waals surface area contributed by atoms with Gasteiger partial charge in [-0.05, 0) is 38.6 Å². The van der Waals surface area contributed by atoms with Crippen LogP contribution in [0.2, 0.25) is 5.02 Å². The van der Waals surface area contributed by atoms with E-state index in [1.54, 1.807) is 0 Å². The Bertz CT molecular complexity index is 630. The van der Waals surface area contributed by atoms with E-state index < -0.39 is 0 Å². The Balaban J connectivity index is 2.51. The molecule has 1 aromatic carbocycles. The van der Waals surface area contributed by atoms with Crippen LogP contribution in [0, 0.1) is 5.41 Å². The normalized spacial score (nSPS) is 14.1. The molecule has 2 rings (SSSR count). The fourth-order valence-electron chi connectivity index (χ4n) is 2.93. The SMILES string of the molecule is CC(Cl)c1nc2c(Cl)cccc2n1CC(C)(C)CN(C)C. The number of hydrogen-bond acceptors (Lipinski definition) is 2. The van der Waals surface area contributed by atoms with Gasteiger partial charge in [0.05, 0.1) is 15.9 Å². The Labute approximate surface area is 136 Å². The Morgan fingerprint density at radius 1 is 1.33 bits per heavy atom. The molecule has 0 bridgehead atoms. The van der Waals surface area contributed by atoms with Gasteiger partial charge in [-0.25, -0.2) is 4.98 Å². The minimum Gasteiger partial charge on any atom is -0.326 e. The van der Waals surface area contributed by atoms with Crippen LogP contribution in [-0.4, -0.2) is 35.1 Å². The molecular weight excluding hydrogens is 305 g/mol. The van der Waals surface area contributed by atoms with Gasteiger partial charge in [-0.2, -0.15) is 0 Å². The van der Waals surface area contributed by atoms with Gasteiger partial charge >= 0.3 is 0 Å². The first kappa shape index (κ1) is 16.6. The maximum absolute atomic E-state index is 6.33. The van der Waals surface area contributed by atoms with Crippen LogP contribution in [0.3, 0.4) is 0 Å². The van der Waals surface area contributed by atoms with Crippen LogP contribution in [0.15, 0.2) is 18.2 Å². The largest absolute Gasteiger partial charge is 0.326 e. The molecule has 0 spiro atoms. The lowest BCUT2D eigenvalue weighted by Crippen LogP contribution is -2.32. The summed E-state index contributed by atoms with van der Waals surface area (Å²) < 4.78 is 2.21. The standard InChI is InChI=1S/C16H23Cl2N3/c1-11(17)15-19-14-12(18)7-6-8-13(14)21(15)10-16(2,3)9-20(4)5/h6-8,11H,9-10H2,1-5H3. The Hall–Kier alpha value is -0.770. The zero-order valence-corrected chi connectivity index (χ0v) is 14.8. The van der Waals surface area contributed by atoms with Crippen LogP contribution in [-0.2, 0) is 6.54 Å². The topological polar surface area (TPSA) is 21.1 Å². The number of para-hydroxylation sites is 1. The monoisotopic (exact) mass is 327 g/mol. The first-order valence-electron chi connectivity index (χ1n) is 7.15. The molecule has 1 atom stereocenters. The van der Waals surface area contributed by atoms with Crippen molar-refractivity contribution in [3.63, 3.8) is 0 Å². The summed E-state index contributed by atoms with van der Waals surface area (Å²) in [6.07, 6.45) is 0. The number of imidazole rings is 1. The van der Waals surface area contributed by atoms with Crippen molar-refractivity contribution < 1.29 is 0 Å². The van der Waals surface area contributed by atoms with E-state index in [4.69, 9.17) is 23.2 Å². The van der Waals surface area contributed by atoms with Crippen molar-refractivity contribution >= 4 is 34.2 Å². The summed E-state index contributed by atoms with van der Waals surface area (Å²) in [6.45, 7) is 8.31. The van der Waals surface area contributed by atoms with E-state index >= 15 is 0 Å². The molecule has 3 nitrogen and oxygen atoms in total. The fraction of sp³-hybridized carbons (Fsp3) is 0.562. The zero-order chi connectivity index (χ0) is 15.8. The molecule has 0 fully saturated rings. The highest BCUT2D eigenvalue weighted by atomic mass is 35.5. The molecule has 1 heterocycles. The van der Waals surface area contributed by atoms with Crippen molar-refractivity contribution in [2.24, 2.45) is 5.41 Å². The van der Waals surface area contributed by atoms with E-state index in [-0.39, 0.29) is 10.8 Å². The third-order valence-corrected chi connectivity index (χ3v) is 3.95. The maximum Gasteiger partial charge on any atom is 0.127 e. The highest BCUT2D eigenvalue weighted by molar-refractivity contribution is 6.35. The van der Waals surface area contributed by atoms with E-state index in [9.17, 15) is 0 Å². The van der Waals surface area contributed by atoms with Crippen molar-refractivity contribution in [3.8, 4) is 0 Å². The average Bonchev–Trinajstić information content (AvgIpc) is 2.67. The Morgan fingerprint density at radius 3 is 2.57 bits per heavy atom. The van der Waals surface area contributed by atoms with Crippen LogP contribution < -0.4 is 0 Å². The molecule has 0 radical (unpaired) electrons. The average molecular weight is 328 g/mol. The second kappa shape index (κ2) is 6.15. The van der Waals surface area contributed by atoms with Crippen molar-refractivity contribution in [2.75, 3.05) is 20.6 Å². The Morgan fingerprint density at radius 2 is 2.00 bits per heavy atom. The van der Waals surface area contributed by atoms with Crippen molar-refractivity contribution in [1.29, 1.82) is 0 Å². The second-order valence-corrected chi connectivity index (χ2v) is 7.74. The molecule has 21 heavy (non-hydrogen) atoms. The summed E-state index contributed by atoms with van der Waals surface area (Å²) in [5, 5.41) is 0.527. The molecule has 0 N–H and O–H groups in total. The molecule has 1 unspecified atom stereocenters. The van der Waals surface area contributed by atoms with Crippen molar-refractivity contribution in [1.82, 2.24) is 14.5 Å². The van der Waals surface area contributed by atoms with Gasteiger partial charge in [-0.1, -0.05) is 31.5 Å². The molecule has 0 aliphatic rings. The number of alkyl halides is 1. The van der Waals surface area contributed by atoms with Gasteiger partial charge in [-0.3, -0.25) is 0 Å². The molecule has 0 saturated heterocycles. The summed E-state index contributed by atoms with van der Waals surface area (Å²) in [4.78, 5) is 6.86. The summed E-state index contributed by atoms with van der Waals surface area (Å²) in [7, 11) is 4.19. The zero-order valence-electron chi connectivity index (χ0n) is 13.3. The van der Waals surface area contributed by atoms with Gasteiger partial charge in [0.15, 0.2) is 0 Å². The third kappa shape index (κ3) is 3.71. The lowest BCUT2D eigenvalue weighted by atomic mass is 9.92. The second-order valence-electron chi connectivity index (χ2n) is 6.68. The van der Waals surface area contributed by atoms with Crippen molar-refractivity contribution in [3.05, 3.63) is 29.0 Å². The van der Waals surface area contributed by atoms with Gasteiger partial charge in [0.25, 0.3) is 0 Å². The summed E-state index contributed by atoms with van der Waals surface area (Å²) >= 11 is 12.6. The first-order valence-corrected chi connectivity index (χ1v) is 7.96. The van der Waals surface area contributed by atoms with Gasteiger partial charge in [0, 0.05) is 13.1 Å². The molecular formula is C16H23Cl2N3. The third-order valence-electron chi connectivity index (χ3n) is 3.45. The number of benzene rings is 1. The number of nitrogens with zero attached hydrogens (tertiary/aromatic N) is 3. The first-order chi connectivity index (χ1) is 9.71. The Kier molecular flexibility index (Phi) is 4.86. The van der Waals surface area contributed by atoms with Crippen LogP contribution in [0.1, 0.15) is 32.0 Å². The molecule has 1 aromatic heterocycles. The predicted molar refractivity (Wildman–Crippen MR) is 91.3 cm³/mol. The molecule has 0 saturated carbocycles. The number of rotatable bonds is 5. The highest BCUT2D eigenvalue weighted by Gasteiger charge is 2.24. The predicted octanol–water partition coefficient (Wildman–Crippen LogP) is 4.58. The van der Waals surface area contributed by atoms with E-state index in [2.05, 4.69) is 48.5 Å². The van der Waals surface area contributed by atoms with Crippen LogP contribution >= 0.6 is 23.2 Å². The maximum atomic E-state index is 6.33. The van der Waals surface area contributed by atoms with E-state index in [0.29, 0.717) is 5.02 Å². The number of aromatic nitrogens is 2. The lowest BCUT2D eigenvalue weighted by Gasteiger charge is -2.29. The van der Waals surface area contributed by atoms with Crippen LogP contribution in [0.5, 0.6) is 0 Å². The summed E-state index contributed by atoms with van der Waals surface area (Å²) in [5.41, 5.74) is 2.00. The molecule has 116 valence electrons. The van der Waals surface area contributed by atoms with E-state index in [0.717, 1.165) is 29.9 Å². The molecule has 5 heteroatoms. The smallest absolute Gasteiger partial charge is 0.127 e. The minimum absolute atomic E-state index is 0.111. The number of halogens is 2. The summed E-state index contributed by atoms with van der Waals surface area (Å²) in [5.74, 6) is 0.881. The quantitative estimate of drug-likeness (QED) is 0.749. The van der Waals surface area contributed by atoms with Crippen LogP contribution in [0.25, 0.3) is 11.0 Å². The molecule has 0 amide bonds. The molecule has 0 aliphatic heterocycles. The summed E-state index contributed by atoms with van der Waals surface area (Å²) in [6, 6.07) is 5.89. The lowest BCUT2D eigenvalue weighted by molar-refractivity contribution is 0.211. The number of fused-ring (bicyclic) bond motifs is 1. The molecule has 0 aliphatic carbocycles. The van der Waals surface area contributed by atoms with Gasteiger partial charge in [-0.15, -0.1) is 11.6 Å². The van der Waals surface area contributed by atoms with Gasteiger partial charge in [0.1, 0.15) is 11.3 Å². The van der Waals surface area contributed by atoms with Crippen molar-refractivity contribution in [2.45, 2.75) is 32.7 Å². The van der Waals surface area contributed by atoms with E-state index in [1.165, 1.54) is 0 Å². The van der Waals surface area contributed by atoms with Gasteiger partial charge in [0.2, 0.25) is 0 Å². The van der Waals surface area contributed by atoms with E-state index in [1.807, 2.05) is 19.1 Å². The minimum atomic E-state index is -0.149. The van der Waals surface area contributed by atoms with Gasteiger partial charge < -0.3 is 9.47 Å². The molecule has 2 aromatic rings. The number of hydrogen-bond donors (Lipinski definition) is 0. The van der Waals surface area contributed by atoms with Crippen LogP contribution in [0.4, 0.5) is 0 Å².